The summed E-state index contributed by atoms with van der Waals surface area (Å²) < 4.78 is 17.6. The predicted octanol–water partition coefficient (Wildman–Crippen LogP) is 3.13. The van der Waals surface area contributed by atoms with Crippen molar-refractivity contribution in [3.8, 4) is 0 Å². The van der Waals surface area contributed by atoms with Crippen LogP contribution in [0.1, 0.15) is 31.7 Å². The molecule has 2 aliphatic rings. The van der Waals surface area contributed by atoms with E-state index in [-0.39, 0.29) is 5.79 Å². The highest BCUT2D eigenvalue weighted by Gasteiger charge is 2.43. The first-order valence-corrected chi connectivity index (χ1v) is 7.21. The first kappa shape index (κ1) is 13.1. The van der Waals surface area contributed by atoms with Crippen LogP contribution in [0.2, 0.25) is 0 Å². The fraction of sp³-hybridized carbons (Fsp3) is 0.625. The van der Waals surface area contributed by atoms with Gasteiger partial charge in [-0.15, -0.1) is 0 Å². The zero-order chi connectivity index (χ0) is 13.1. The molecule has 1 aromatic carbocycles. The smallest absolute Gasteiger partial charge is 0.168 e. The molecule has 0 amide bonds. The van der Waals surface area contributed by atoms with Gasteiger partial charge in [-0.3, -0.25) is 0 Å². The van der Waals surface area contributed by atoms with Gasteiger partial charge in [0.15, 0.2) is 5.79 Å². The Labute approximate surface area is 114 Å². The lowest BCUT2D eigenvalue weighted by Crippen LogP contribution is -2.42. The molecule has 1 heterocycles. The molecule has 3 heteroatoms. The summed E-state index contributed by atoms with van der Waals surface area (Å²) >= 11 is 0. The van der Waals surface area contributed by atoms with Gasteiger partial charge in [-0.1, -0.05) is 37.3 Å². The predicted molar refractivity (Wildman–Crippen MR) is 72.7 cm³/mol. The van der Waals surface area contributed by atoms with E-state index >= 15 is 0 Å². The molecule has 1 aliphatic carbocycles. The average molecular weight is 262 g/mol. The Hall–Kier alpha value is -0.900. The van der Waals surface area contributed by atoms with Crippen molar-refractivity contribution in [2.24, 2.45) is 5.92 Å². The van der Waals surface area contributed by atoms with E-state index in [0.29, 0.717) is 18.6 Å². The van der Waals surface area contributed by atoms with Gasteiger partial charge in [-0.25, -0.2) is 0 Å². The molecule has 2 atom stereocenters. The van der Waals surface area contributed by atoms with Crippen LogP contribution in [0.25, 0.3) is 0 Å². The summed E-state index contributed by atoms with van der Waals surface area (Å²) in [5, 5.41) is 0. The maximum Gasteiger partial charge on any atom is 0.168 e. The molecule has 1 aliphatic heterocycles. The van der Waals surface area contributed by atoms with E-state index in [1.165, 1.54) is 5.56 Å². The van der Waals surface area contributed by atoms with Crippen molar-refractivity contribution in [3.05, 3.63) is 35.9 Å². The molecule has 0 N–H and O–H groups in total. The van der Waals surface area contributed by atoms with Crippen LogP contribution in [0.15, 0.2) is 30.3 Å². The van der Waals surface area contributed by atoms with E-state index in [1.807, 2.05) is 6.07 Å². The molecule has 104 valence electrons. The Morgan fingerprint density at radius 2 is 1.95 bits per heavy atom. The Morgan fingerprint density at radius 3 is 2.63 bits per heavy atom. The minimum atomic E-state index is -0.300. The van der Waals surface area contributed by atoms with Crippen molar-refractivity contribution in [2.75, 3.05) is 13.2 Å². The van der Waals surface area contributed by atoms with Crippen molar-refractivity contribution in [2.45, 2.75) is 44.7 Å². The van der Waals surface area contributed by atoms with Gasteiger partial charge >= 0.3 is 0 Å². The molecule has 1 saturated heterocycles. The van der Waals surface area contributed by atoms with Crippen LogP contribution in [-0.2, 0) is 20.8 Å². The summed E-state index contributed by atoms with van der Waals surface area (Å²) in [6, 6.07) is 10.4. The van der Waals surface area contributed by atoms with E-state index in [1.54, 1.807) is 0 Å². The van der Waals surface area contributed by atoms with E-state index in [2.05, 4.69) is 31.2 Å². The topological polar surface area (TPSA) is 27.7 Å². The molecule has 0 bridgehead atoms. The quantitative estimate of drug-likeness (QED) is 0.837. The van der Waals surface area contributed by atoms with Gasteiger partial charge in [0.25, 0.3) is 0 Å². The van der Waals surface area contributed by atoms with Gasteiger partial charge < -0.3 is 14.2 Å². The maximum absolute atomic E-state index is 6.07. The van der Waals surface area contributed by atoms with E-state index in [0.717, 1.165) is 32.5 Å². The summed E-state index contributed by atoms with van der Waals surface area (Å²) in [4.78, 5) is 0. The van der Waals surface area contributed by atoms with E-state index < -0.39 is 0 Å². The lowest BCUT2D eigenvalue weighted by molar-refractivity contribution is -0.206. The van der Waals surface area contributed by atoms with Crippen LogP contribution >= 0.6 is 0 Å². The highest BCUT2D eigenvalue weighted by Crippen LogP contribution is 2.39. The average Bonchev–Trinajstić information content (AvgIpc) is 2.87. The van der Waals surface area contributed by atoms with Gasteiger partial charge in [0.1, 0.15) is 0 Å². The second kappa shape index (κ2) is 5.61. The first-order valence-electron chi connectivity index (χ1n) is 7.21. The van der Waals surface area contributed by atoms with Gasteiger partial charge in [-0.2, -0.15) is 0 Å². The molecule has 0 unspecified atom stereocenters. The van der Waals surface area contributed by atoms with Crippen LogP contribution in [-0.4, -0.2) is 25.1 Å². The molecule has 19 heavy (non-hydrogen) atoms. The van der Waals surface area contributed by atoms with Gasteiger partial charge in [0.2, 0.25) is 0 Å². The molecule has 1 saturated carbocycles. The normalized spacial score (nSPS) is 29.7. The minimum Gasteiger partial charge on any atom is -0.373 e. The lowest BCUT2D eigenvalue weighted by Gasteiger charge is -2.39. The molecule has 0 radical (unpaired) electrons. The molecule has 1 spiro atoms. The molecule has 3 nitrogen and oxygen atoms in total. The number of hydrogen-bond acceptors (Lipinski definition) is 3. The van der Waals surface area contributed by atoms with Crippen LogP contribution in [0.4, 0.5) is 0 Å². The minimum absolute atomic E-state index is 0.300. The third-order valence-corrected chi connectivity index (χ3v) is 4.20. The molecule has 3 rings (SSSR count). The van der Waals surface area contributed by atoms with Crippen LogP contribution < -0.4 is 0 Å². The number of rotatable bonds is 3. The SMILES string of the molecule is C[C@H]1CC2(CC[C@@H]1OCc1ccccc1)OCCO2. The van der Waals surface area contributed by atoms with E-state index in [4.69, 9.17) is 14.2 Å². The zero-order valence-electron chi connectivity index (χ0n) is 11.5. The van der Waals surface area contributed by atoms with Gasteiger partial charge in [0, 0.05) is 12.8 Å². The number of hydrogen-bond donors (Lipinski definition) is 0. The van der Waals surface area contributed by atoms with Crippen molar-refractivity contribution >= 4 is 0 Å². The Bertz CT molecular complexity index is 398. The Balaban J connectivity index is 1.53. The number of ether oxygens (including phenoxy) is 3. The molecule has 1 aromatic rings. The van der Waals surface area contributed by atoms with Crippen molar-refractivity contribution in [1.82, 2.24) is 0 Å². The van der Waals surface area contributed by atoms with Crippen LogP contribution in [0, 0.1) is 5.92 Å². The standard InChI is InChI=1S/C16H22O3/c1-13-11-16(18-9-10-19-16)8-7-15(13)17-12-14-5-3-2-4-6-14/h2-6,13,15H,7-12H2,1H3/t13-,15-/m0/s1. The largest absolute Gasteiger partial charge is 0.373 e. The highest BCUT2D eigenvalue weighted by molar-refractivity contribution is 5.13. The lowest BCUT2D eigenvalue weighted by atomic mass is 9.83. The molecule has 2 fully saturated rings. The molecular weight excluding hydrogens is 240 g/mol. The maximum atomic E-state index is 6.07. The molecular formula is C16H22O3. The summed E-state index contributed by atoms with van der Waals surface area (Å²) in [5.41, 5.74) is 1.24. The van der Waals surface area contributed by atoms with Crippen molar-refractivity contribution in [1.29, 1.82) is 0 Å². The number of benzene rings is 1. The second-order valence-corrected chi connectivity index (χ2v) is 5.66. The third kappa shape index (κ3) is 2.99. The van der Waals surface area contributed by atoms with Gasteiger partial charge in [-0.05, 0) is 17.9 Å². The highest BCUT2D eigenvalue weighted by atomic mass is 16.7. The first-order chi connectivity index (χ1) is 9.27. The Kier molecular flexibility index (Phi) is 3.87. The molecule has 0 aromatic heterocycles. The fourth-order valence-corrected chi connectivity index (χ4v) is 3.16. The summed E-state index contributed by atoms with van der Waals surface area (Å²) in [7, 11) is 0. The van der Waals surface area contributed by atoms with E-state index in [9.17, 15) is 0 Å². The van der Waals surface area contributed by atoms with Crippen LogP contribution in [0.5, 0.6) is 0 Å². The third-order valence-electron chi connectivity index (χ3n) is 4.20. The van der Waals surface area contributed by atoms with Crippen molar-refractivity contribution < 1.29 is 14.2 Å². The summed E-state index contributed by atoms with van der Waals surface area (Å²) in [5.74, 6) is 0.182. The Morgan fingerprint density at radius 1 is 1.21 bits per heavy atom. The monoisotopic (exact) mass is 262 g/mol. The fourth-order valence-electron chi connectivity index (χ4n) is 3.16. The zero-order valence-corrected chi connectivity index (χ0v) is 11.5. The summed E-state index contributed by atoms with van der Waals surface area (Å²) in [6.07, 6.45) is 3.25. The van der Waals surface area contributed by atoms with Crippen molar-refractivity contribution in [3.63, 3.8) is 0 Å². The second-order valence-electron chi connectivity index (χ2n) is 5.66. The van der Waals surface area contributed by atoms with Crippen LogP contribution in [0.3, 0.4) is 0 Å². The summed E-state index contributed by atoms with van der Waals surface area (Å²) in [6.45, 7) is 4.41. The van der Waals surface area contributed by atoms with Gasteiger partial charge in [0.05, 0.1) is 25.9 Å².